The third-order valence-corrected chi connectivity index (χ3v) is 6.03. The molecule has 0 fully saturated rings. The third kappa shape index (κ3) is 5.35. The standard InChI is InChI=1S/C30H30N2O5/c1-5-35-21-13-11-20(12-14-21)25-17-37-29-19(4)28(36-6-2)23(16-24(25)29)18(3)15-27(33)32-26-10-8-7-9-22(26)30(31)34/h7-17H,5-6H2,1-4H3,(H2,31,34)(H,32,33)/b18-15+. The predicted molar refractivity (Wildman–Crippen MR) is 146 cm³/mol. The van der Waals surface area contributed by atoms with E-state index in [-0.39, 0.29) is 11.5 Å². The van der Waals surface area contributed by atoms with Gasteiger partial charge < -0.3 is 24.9 Å². The summed E-state index contributed by atoms with van der Waals surface area (Å²) in [5.74, 6) is 0.461. The molecule has 0 saturated carbocycles. The average Bonchev–Trinajstić information content (AvgIpc) is 3.30. The number of para-hydroxylation sites is 1. The number of anilines is 1. The number of hydrogen-bond donors (Lipinski definition) is 2. The molecule has 0 spiro atoms. The molecule has 4 aromatic rings. The Bertz CT molecular complexity index is 1480. The Balaban J connectivity index is 1.75. The van der Waals surface area contributed by atoms with Crippen LogP contribution in [-0.4, -0.2) is 25.0 Å². The SMILES string of the molecule is CCOc1ccc(-c2coc3c(C)c(OCC)c(/C(C)=C/C(=O)Nc4ccccc4C(N)=O)cc23)cc1. The molecule has 0 aliphatic rings. The lowest BCUT2D eigenvalue weighted by molar-refractivity contribution is -0.111. The van der Waals surface area contributed by atoms with Crippen LogP contribution in [0.3, 0.4) is 0 Å². The Hall–Kier alpha value is -4.52. The van der Waals surface area contributed by atoms with E-state index in [0.29, 0.717) is 30.2 Å². The number of nitrogens with two attached hydrogens (primary N) is 1. The maximum Gasteiger partial charge on any atom is 0.250 e. The number of nitrogens with one attached hydrogen (secondary N) is 1. The summed E-state index contributed by atoms with van der Waals surface area (Å²) in [7, 11) is 0. The van der Waals surface area contributed by atoms with Gasteiger partial charge in [0.05, 0.1) is 30.7 Å². The zero-order valence-corrected chi connectivity index (χ0v) is 21.4. The van der Waals surface area contributed by atoms with E-state index in [0.717, 1.165) is 39.0 Å². The number of furan rings is 1. The lowest BCUT2D eigenvalue weighted by Gasteiger charge is -2.15. The maximum absolute atomic E-state index is 12.9. The highest BCUT2D eigenvalue weighted by atomic mass is 16.5. The first-order chi connectivity index (χ1) is 17.8. The lowest BCUT2D eigenvalue weighted by atomic mass is 9.96. The molecule has 1 heterocycles. The van der Waals surface area contributed by atoms with E-state index in [1.165, 1.54) is 6.08 Å². The number of benzene rings is 3. The van der Waals surface area contributed by atoms with E-state index in [2.05, 4.69) is 5.32 Å². The highest BCUT2D eigenvalue weighted by Gasteiger charge is 2.19. The molecule has 7 nitrogen and oxygen atoms in total. The number of rotatable bonds is 9. The molecular weight excluding hydrogens is 468 g/mol. The van der Waals surface area contributed by atoms with Crippen molar-refractivity contribution in [3.63, 3.8) is 0 Å². The normalized spacial score (nSPS) is 11.4. The molecule has 2 amide bonds. The summed E-state index contributed by atoms with van der Waals surface area (Å²) >= 11 is 0. The van der Waals surface area contributed by atoms with Crippen molar-refractivity contribution in [3.05, 3.63) is 83.6 Å². The molecule has 0 radical (unpaired) electrons. The fourth-order valence-corrected chi connectivity index (χ4v) is 4.31. The summed E-state index contributed by atoms with van der Waals surface area (Å²) < 4.78 is 17.5. The van der Waals surface area contributed by atoms with Crippen LogP contribution in [0.25, 0.3) is 27.7 Å². The molecule has 0 aliphatic heterocycles. The molecule has 0 saturated heterocycles. The van der Waals surface area contributed by atoms with E-state index in [1.807, 2.05) is 58.0 Å². The van der Waals surface area contributed by atoms with E-state index in [1.54, 1.807) is 30.5 Å². The second-order valence-electron chi connectivity index (χ2n) is 8.52. The van der Waals surface area contributed by atoms with Crippen LogP contribution in [0.2, 0.25) is 0 Å². The summed E-state index contributed by atoms with van der Waals surface area (Å²) in [4.78, 5) is 24.6. The summed E-state index contributed by atoms with van der Waals surface area (Å²) in [6.45, 7) is 8.71. The Labute approximate surface area is 215 Å². The number of fused-ring (bicyclic) bond motifs is 1. The highest BCUT2D eigenvalue weighted by Crippen LogP contribution is 2.41. The van der Waals surface area contributed by atoms with Crippen LogP contribution in [0.4, 0.5) is 5.69 Å². The number of amides is 2. The Morgan fingerprint density at radius 2 is 1.70 bits per heavy atom. The first kappa shape index (κ1) is 25.6. The minimum atomic E-state index is -0.613. The molecule has 3 aromatic carbocycles. The highest BCUT2D eigenvalue weighted by molar-refractivity contribution is 6.09. The number of allylic oxidation sites excluding steroid dienone is 1. The largest absolute Gasteiger partial charge is 0.494 e. The molecule has 190 valence electrons. The lowest BCUT2D eigenvalue weighted by Crippen LogP contribution is -2.17. The fourth-order valence-electron chi connectivity index (χ4n) is 4.31. The smallest absolute Gasteiger partial charge is 0.250 e. The van der Waals surface area contributed by atoms with Crippen molar-refractivity contribution in [1.29, 1.82) is 0 Å². The molecule has 37 heavy (non-hydrogen) atoms. The monoisotopic (exact) mass is 498 g/mol. The van der Waals surface area contributed by atoms with E-state index in [4.69, 9.17) is 19.6 Å². The van der Waals surface area contributed by atoms with Crippen molar-refractivity contribution < 1.29 is 23.5 Å². The average molecular weight is 499 g/mol. The summed E-state index contributed by atoms with van der Waals surface area (Å²) in [6, 6.07) is 16.5. The molecule has 1 aromatic heterocycles. The van der Waals surface area contributed by atoms with Gasteiger partial charge in [0.1, 0.15) is 17.1 Å². The summed E-state index contributed by atoms with van der Waals surface area (Å²) in [5.41, 5.74) is 11.0. The molecule has 0 aliphatic carbocycles. The van der Waals surface area contributed by atoms with Gasteiger partial charge in [0.2, 0.25) is 5.91 Å². The molecule has 3 N–H and O–H groups in total. The van der Waals surface area contributed by atoms with E-state index in [9.17, 15) is 9.59 Å². The minimum absolute atomic E-state index is 0.243. The van der Waals surface area contributed by atoms with Gasteiger partial charge in [0.15, 0.2) is 0 Å². The summed E-state index contributed by atoms with van der Waals surface area (Å²) in [6.07, 6.45) is 3.22. The quantitative estimate of drug-likeness (QED) is 0.262. The second-order valence-corrected chi connectivity index (χ2v) is 8.52. The van der Waals surface area contributed by atoms with E-state index < -0.39 is 5.91 Å². The van der Waals surface area contributed by atoms with E-state index >= 15 is 0 Å². The Kier molecular flexibility index (Phi) is 7.63. The van der Waals surface area contributed by atoms with Crippen LogP contribution < -0.4 is 20.5 Å². The van der Waals surface area contributed by atoms with Crippen LogP contribution in [0.15, 0.2) is 71.4 Å². The zero-order chi connectivity index (χ0) is 26.5. The minimum Gasteiger partial charge on any atom is -0.494 e. The van der Waals surface area contributed by atoms with Crippen molar-refractivity contribution in [2.45, 2.75) is 27.7 Å². The van der Waals surface area contributed by atoms with Crippen molar-refractivity contribution in [2.24, 2.45) is 5.73 Å². The van der Waals surface area contributed by atoms with Gasteiger partial charge in [0, 0.05) is 28.2 Å². The fraction of sp³-hybridized carbons (Fsp3) is 0.200. The topological polar surface area (TPSA) is 104 Å². The van der Waals surface area contributed by atoms with Crippen molar-refractivity contribution in [1.82, 2.24) is 0 Å². The van der Waals surface area contributed by atoms with Gasteiger partial charge in [-0.25, -0.2) is 0 Å². The second kappa shape index (κ2) is 11.0. The third-order valence-electron chi connectivity index (χ3n) is 6.03. The van der Waals surface area contributed by atoms with Crippen LogP contribution >= 0.6 is 0 Å². The van der Waals surface area contributed by atoms with Gasteiger partial charge >= 0.3 is 0 Å². The van der Waals surface area contributed by atoms with Gasteiger partial charge in [-0.2, -0.15) is 0 Å². The number of carbonyl (C=O) groups excluding carboxylic acids is 2. The maximum atomic E-state index is 12.9. The number of primary amides is 1. The number of ether oxygens (including phenoxy) is 2. The van der Waals surface area contributed by atoms with Crippen LogP contribution in [0, 0.1) is 6.92 Å². The van der Waals surface area contributed by atoms with Gasteiger partial charge in [-0.05, 0) is 69.2 Å². The molecule has 7 heteroatoms. The Morgan fingerprint density at radius 3 is 2.38 bits per heavy atom. The molecule has 4 rings (SSSR count). The van der Waals surface area contributed by atoms with Crippen molar-refractivity contribution >= 4 is 34.0 Å². The summed E-state index contributed by atoms with van der Waals surface area (Å²) in [5, 5.41) is 3.67. The predicted octanol–water partition coefficient (Wildman–Crippen LogP) is 6.35. The number of aryl methyl sites for hydroxylation is 1. The van der Waals surface area contributed by atoms with Crippen LogP contribution in [-0.2, 0) is 4.79 Å². The van der Waals surface area contributed by atoms with Crippen LogP contribution in [0.5, 0.6) is 11.5 Å². The Morgan fingerprint density at radius 1 is 1.00 bits per heavy atom. The molecular formula is C30H30N2O5. The van der Waals surface area contributed by atoms with Crippen molar-refractivity contribution in [3.8, 4) is 22.6 Å². The molecule has 0 bridgehead atoms. The number of hydrogen-bond acceptors (Lipinski definition) is 5. The van der Waals surface area contributed by atoms with Gasteiger partial charge in [0.25, 0.3) is 5.91 Å². The van der Waals surface area contributed by atoms with Crippen LogP contribution in [0.1, 0.15) is 42.3 Å². The first-order valence-electron chi connectivity index (χ1n) is 12.1. The van der Waals surface area contributed by atoms with Crippen molar-refractivity contribution in [2.75, 3.05) is 18.5 Å². The van der Waals surface area contributed by atoms with Gasteiger partial charge in [-0.15, -0.1) is 0 Å². The molecule has 0 atom stereocenters. The van der Waals surface area contributed by atoms with Gasteiger partial charge in [-0.3, -0.25) is 9.59 Å². The molecule has 0 unspecified atom stereocenters. The van der Waals surface area contributed by atoms with Gasteiger partial charge in [-0.1, -0.05) is 24.3 Å². The zero-order valence-electron chi connectivity index (χ0n) is 21.4. The number of carbonyl (C=O) groups is 2. The first-order valence-corrected chi connectivity index (χ1v) is 12.1.